The minimum absolute atomic E-state index is 0.205. The monoisotopic (exact) mass is 360 g/mol. The lowest BCUT2D eigenvalue weighted by Gasteiger charge is -2.37. The van der Waals surface area contributed by atoms with Crippen LogP contribution in [0, 0.1) is 5.82 Å². The van der Waals surface area contributed by atoms with Gasteiger partial charge in [-0.05, 0) is 51.3 Å². The number of hydrogen-bond acceptors (Lipinski definition) is 4. The predicted octanol–water partition coefficient (Wildman–Crippen LogP) is 2.69. The van der Waals surface area contributed by atoms with Gasteiger partial charge < -0.3 is 9.80 Å². The third-order valence-corrected chi connectivity index (χ3v) is 5.42. The molecule has 5 nitrogen and oxygen atoms in total. The lowest BCUT2D eigenvalue weighted by atomic mass is 10.00. The van der Waals surface area contributed by atoms with Gasteiger partial charge in [0.2, 0.25) is 5.91 Å². The first-order chi connectivity index (χ1) is 12.6. The molecule has 0 saturated carbocycles. The van der Waals surface area contributed by atoms with Crippen LogP contribution in [0.1, 0.15) is 32.1 Å². The molecular weight excluding hydrogens is 331 g/mol. The summed E-state index contributed by atoms with van der Waals surface area (Å²) in [7, 11) is 2.08. The van der Waals surface area contributed by atoms with E-state index in [1.165, 1.54) is 18.7 Å². The van der Waals surface area contributed by atoms with E-state index >= 15 is 0 Å². The Morgan fingerprint density at radius 2 is 1.96 bits per heavy atom. The van der Waals surface area contributed by atoms with Crippen LogP contribution in [0.2, 0.25) is 0 Å². The Labute approximate surface area is 155 Å². The van der Waals surface area contributed by atoms with Crippen LogP contribution in [0.3, 0.4) is 0 Å². The minimum atomic E-state index is -0.324. The normalized spacial score (nSPS) is 22.8. The number of carbonyl (C=O) groups excluding carboxylic acids is 1. The first kappa shape index (κ1) is 18.8. The third-order valence-electron chi connectivity index (χ3n) is 5.42. The highest BCUT2D eigenvalue weighted by Gasteiger charge is 2.24. The number of nitrogens with zero attached hydrogens (tertiary/aromatic N) is 4. The molecule has 3 rings (SSSR count). The Balaban J connectivity index is 1.47. The van der Waals surface area contributed by atoms with E-state index in [9.17, 15) is 9.18 Å². The summed E-state index contributed by atoms with van der Waals surface area (Å²) in [6.45, 7) is 3.35. The molecule has 6 heteroatoms. The van der Waals surface area contributed by atoms with E-state index in [1.54, 1.807) is 6.07 Å². The van der Waals surface area contributed by atoms with Crippen LogP contribution in [-0.4, -0.2) is 66.5 Å². The predicted molar refractivity (Wildman–Crippen MR) is 102 cm³/mol. The van der Waals surface area contributed by atoms with Gasteiger partial charge in [-0.3, -0.25) is 9.69 Å². The molecule has 1 fully saturated rings. The average Bonchev–Trinajstić information content (AvgIpc) is 2.62. The zero-order chi connectivity index (χ0) is 18.4. The molecule has 0 N–H and O–H groups in total. The van der Waals surface area contributed by atoms with Gasteiger partial charge in [0.15, 0.2) is 0 Å². The van der Waals surface area contributed by atoms with E-state index in [4.69, 9.17) is 0 Å². The molecule has 0 bridgehead atoms. The molecule has 142 valence electrons. The number of hydrogen-bond donors (Lipinski definition) is 0. The van der Waals surface area contributed by atoms with Crippen LogP contribution < -0.4 is 4.90 Å². The Bertz CT molecular complexity index is 611. The van der Waals surface area contributed by atoms with Crippen molar-refractivity contribution in [3.8, 4) is 0 Å². The molecule has 1 aromatic rings. The number of anilines is 1. The van der Waals surface area contributed by atoms with Crippen LogP contribution >= 0.6 is 0 Å². The minimum Gasteiger partial charge on any atom is -0.353 e. The van der Waals surface area contributed by atoms with Gasteiger partial charge >= 0.3 is 0 Å². The second kappa shape index (κ2) is 9.12. The molecule has 1 atom stereocenters. The number of pyridine rings is 1. The maximum absolute atomic E-state index is 13.0. The van der Waals surface area contributed by atoms with Crippen molar-refractivity contribution < 1.29 is 9.18 Å². The van der Waals surface area contributed by atoms with Gasteiger partial charge in [0.1, 0.15) is 11.6 Å². The molecule has 1 aliphatic carbocycles. The summed E-state index contributed by atoms with van der Waals surface area (Å²) in [6, 6.07) is 3.62. The van der Waals surface area contributed by atoms with E-state index in [1.807, 2.05) is 4.90 Å². The highest BCUT2D eigenvalue weighted by atomic mass is 19.1. The van der Waals surface area contributed by atoms with Crippen molar-refractivity contribution in [2.45, 2.75) is 38.1 Å². The van der Waals surface area contributed by atoms with Crippen LogP contribution in [0.15, 0.2) is 30.5 Å². The fraction of sp³-hybridized carbons (Fsp3) is 0.600. The first-order valence-corrected chi connectivity index (χ1v) is 9.63. The van der Waals surface area contributed by atoms with Crippen molar-refractivity contribution in [3.63, 3.8) is 0 Å². The molecule has 0 spiro atoms. The fourth-order valence-corrected chi connectivity index (χ4v) is 3.76. The summed E-state index contributed by atoms with van der Waals surface area (Å²) in [5, 5.41) is 0. The Kier molecular flexibility index (Phi) is 6.61. The van der Waals surface area contributed by atoms with Crippen LogP contribution in [0.4, 0.5) is 10.2 Å². The number of halogens is 1. The second-order valence-electron chi connectivity index (χ2n) is 7.25. The summed E-state index contributed by atoms with van der Waals surface area (Å²) in [4.78, 5) is 23.1. The van der Waals surface area contributed by atoms with Crippen molar-refractivity contribution in [3.05, 3.63) is 36.3 Å². The number of amides is 1. The largest absolute Gasteiger partial charge is 0.353 e. The van der Waals surface area contributed by atoms with Gasteiger partial charge in [0.05, 0.1) is 12.7 Å². The highest BCUT2D eigenvalue weighted by molar-refractivity contribution is 5.78. The van der Waals surface area contributed by atoms with Crippen molar-refractivity contribution in [2.75, 3.05) is 44.7 Å². The lowest BCUT2D eigenvalue weighted by Crippen LogP contribution is -2.52. The topological polar surface area (TPSA) is 39.7 Å². The van der Waals surface area contributed by atoms with Gasteiger partial charge in [-0.1, -0.05) is 12.2 Å². The maximum atomic E-state index is 13.0. The van der Waals surface area contributed by atoms with E-state index in [0.29, 0.717) is 25.7 Å². The smallest absolute Gasteiger partial charge is 0.236 e. The number of piperazine rings is 1. The summed E-state index contributed by atoms with van der Waals surface area (Å²) >= 11 is 0. The van der Waals surface area contributed by atoms with E-state index in [-0.39, 0.29) is 11.7 Å². The maximum Gasteiger partial charge on any atom is 0.236 e. The molecule has 1 saturated heterocycles. The molecule has 0 radical (unpaired) electrons. The summed E-state index contributed by atoms with van der Waals surface area (Å²) in [6.07, 6.45) is 11.5. The molecule has 26 heavy (non-hydrogen) atoms. The summed E-state index contributed by atoms with van der Waals surface area (Å²) in [5.41, 5.74) is 0. The van der Waals surface area contributed by atoms with Gasteiger partial charge in [-0.2, -0.15) is 0 Å². The van der Waals surface area contributed by atoms with E-state index in [2.05, 4.69) is 34.0 Å². The molecule has 2 heterocycles. The van der Waals surface area contributed by atoms with Crippen molar-refractivity contribution in [1.82, 2.24) is 14.8 Å². The average molecular weight is 360 g/mol. The summed E-state index contributed by atoms with van der Waals surface area (Å²) in [5.74, 6) is 0.658. The van der Waals surface area contributed by atoms with Gasteiger partial charge in [0, 0.05) is 32.2 Å². The van der Waals surface area contributed by atoms with Crippen LogP contribution in [0.25, 0.3) is 0 Å². The molecule has 0 aromatic carbocycles. The van der Waals surface area contributed by atoms with Crippen LogP contribution in [0.5, 0.6) is 0 Å². The standard InChI is InChI=1S/C20H29FN4O/c1-23(18-7-5-3-2-4-6-8-18)16-20(26)25-13-11-24(12-14-25)19-10-9-17(21)15-22-19/h2-3,9-10,15,18H,4-8,11-14,16H2,1H3/b3-2-. The molecule has 1 unspecified atom stereocenters. The van der Waals surface area contributed by atoms with Gasteiger partial charge in [-0.15, -0.1) is 0 Å². The molecule has 1 aliphatic heterocycles. The highest BCUT2D eigenvalue weighted by Crippen LogP contribution is 2.18. The number of rotatable bonds is 4. The van der Waals surface area contributed by atoms with Crippen molar-refractivity contribution in [1.29, 1.82) is 0 Å². The van der Waals surface area contributed by atoms with E-state index in [0.717, 1.165) is 44.6 Å². The van der Waals surface area contributed by atoms with Crippen LogP contribution in [-0.2, 0) is 4.79 Å². The number of allylic oxidation sites excluding steroid dienone is 2. The second-order valence-corrected chi connectivity index (χ2v) is 7.25. The SMILES string of the molecule is CN(CC(=O)N1CCN(c2ccc(F)cn2)CC1)C1CC/C=C\CCC1. The van der Waals surface area contributed by atoms with Gasteiger partial charge in [-0.25, -0.2) is 9.37 Å². The number of carbonyl (C=O) groups is 1. The molecule has 1 amide bonds. The Morgan fingerprint density at radius 1 is 1.19 bits per heavy atom. The molecule has 2 aliphatic rings. The Hall–Kier alpha value is -1.95. The quantitative estimate of drug-likeness (QED) is 0.774. The van der Waals surface area contributed by atoms with Crippen molar-refractivity contribution >= 4 is 11.7 Å². The number of likely N-dealkylation sites (N-methyl/N-ethyl adjacent to an activating group) is 1. The lowest BCUT2D eigenvalue weighted by molar-refractivity contribution is -0.133. The summed E-state index contributed by atoms with van der Waals surface area (Å²) < 4.78 is 13.0. The Morgan fingerprint density at radius 3 is 2.69 bits per heavy atom. The number of aromatic nitrogens is 1. The van der Waals surface area contributed by atoms with Gasteiger partial charge in [0.25, 0.3) is 0 Å². The zero-order valence-electron chi connectivity index (χ0n) is 15.6. The first-order valence-electron chi connectivity index (χ1n) is 9.63. The van der Waals surface area contributed by atoms with Crippen molar-refractivity contribution in [2.24, 2.45) is 0 Å². The van der Waals surface area contributed by atoms with E-state index < -0.39 is 0 Å². The zero-order valence-corrected chi connectivity index (χ0v) is 15.6. The molecular formula is C20H29FN4O. The molecule has 1 aromatic heterocycles. The third kappa shape index (κ3) is 5.04. The fourth-order valence-electron chi connectivity index (χ4n) is 3.76.